The zero-order valence-electron chi connectivity index (χ0n) is 14.9. The number of aryl methyl sites for hydroxylation is 1. The van der Waals surface area contributed by atoms with Gasteiger partial charge in [-0.15, -0.1) is 0 Å². The summed E-state index contributed by atoms with van der Waals surface area (Å²) in [6, 6.07) is 5.87. The lowest BCUT2D eigenvalue weighted by Gasteiger charge is -2.42. The molecule has 6 nitrogen and oxygen atoms in total. The first-order chi connectivity index (χ1) is 12.4. The van der Waals surface area contributed by atoms with Crippen molar-refractivity contribution in [2.24, 2.45) is 5.92 Å². The van der Waals surface area contributed by atoms with Crippen molar-refractivity contribution in [3.63, 3.8) is 0 Å². The molecule has 26 heavy (non-hydrogen) atoms. The molecule has 0 unspecified atom stereocenters. The van der Waals surface area contributed by atoms with Gasteiger partial charge < -0.3 is 9.80 Å². The molecule has 1 saturated carbocycles. The average Bonchev–Trinajstić information content (AvgIpc) is 3.41. The molecular formula is C18H24ClN3O3S. The SMILES string of the molecule is Cc1ccc(Cl)cc1N1CCN(C(=O)C2CN(S(=O)(=O)C3CC3)C2)CC1. The Bertz CT molecular complexity index is 811. The fourth-order valence-corrected chi connectivity index (χ4v) is 5.82. The molecule has 3 aliphatic rings. The Morgan fingerprint density at radius 2 is 1.77 bits per heavy atom. The number of piperazine rings is 1. The van der Waals surface area contributed by atoms with Crippen LogP contribution in [-0.4, -0.2) is 68.0 Å². The van der Waals surface area contributed by atoms with Crippen molar-refractivity contribution in [1.29, 1.82) is 0 Å². The predicted octanol–water partition coefficient (Wildman–Crippen LogP) is 1.72. The predicted molar refractivity (Wildman–Crippen MR) is 102 cm³/mol. The molecule has 0 atom stereocenters. The number of sulfonamides is 1. The number of amides is 1. The molecule has 0 radical (unpaired) electrons. The molecule has 142 valence electrons. The Morgan fingerprint density at radius 3 is 2.38 bits per heavy atom. The summed E-state index contributed by atoms with van der Waals surface area (Å²) < 4.78 is 25.8. The van der Waals surface area contributed by atoms with Crippen LogP contribution in [0.25, 0.3) is 0 Å². The molecule has 0 bridgehead atoms. The van der Waals surface area contributed by atoms with Crippen LogP contribution in [0.15, 0.2) is 18.2 Å². The number of halogens is 1. The minimum atomic E-state index is -3.14. The van der Waals surface area contributed by atoms with Crippen LogP contribution in [0.4, 0.5) is 5.69 Å². The van der Waals surface area contributed by atoms with Gasteiger partial charge in [-0.1, -0.05) is 17.7 Å². The average molecular weight is 398 g/mol. The van der Waals surface area contributed by atoms with E-state index < -0.39 is 10.0 Å². The highest BCUT2D eigenvalue weighted by Gasteiger charge is 2.47. The highest BCUT2D eigenvalue weighted by Crippen LogP contribution is 2.35. The van der Waals surface area contributed by atoms with Gasteiger partial charge in [0, 0.05) is 50.0 Å². The van der Waals surface area contributed by atoms with E-state index in [1.165, 1.54) is 9.87 Å². The van der Waals surface area contributed by atoms with Crippen LogP contribution in [0, 0.1) is 12.8 Å². The van der Waals surface area contributed by atoms with E-state index in [1.54, 1.807) is 0 Å². The molecule has 0 spiro atoms. The van der Waals surface area contributed by atoms with E-state index in [4.69, 9.17) is 11.6 Å². The van der Waals surface area contributed by atoms with Crippen LogP contribution in [0.2, 0.25) is 5.02 Å². The number of carbonyl (C=O) groups excluding carboxylic acids is 1. The van der Waals surface area contributed by atoms with E-state index >= 15 is 0 Å². The Labute approximate surface area is 159 Å². The highest BCUT2D eigenvalue weighted by atomic mass is 35.5. The number of anilines is 1. The summed E-state index contributed by atoms with van der Waals surface area (Å²) in [4.78, 5) is 16.8. The molecule has 3 fully saturated rings. The van der Waals surface area contributed by atoms with Crippen molar-refractivity contribution < 1.29 is 13.2 Å². The highest BCUT2D eigenvalue weighted by molar-refractivity contribution is 7.90. The van der Waals surface area contributed by atoms with Gasteiger partial charge in [-0.3, -0.25) is 4.79 Å². The standard InChI is InChI=1S/C18H24ClN3O3S/c1-13-2-3-15(19)10-17(13)20-6-8-21(9-7-20)18(23)14-11-22(12-14)26(24,25)16-4-5-16/h2-3,10,14,16H,4-9,11-12H2,1H3. The first kappa shape index (κ1) is 18.1. The van der Waals surface area contributed by atoms with Crippen LogP contribution in [0.3, 0.4) is 0 Å². The molecule has 4 rings (SSSR count). The Kier molecular flexibility index (Phi) is 4.65. The molecule has 2 aliphatic heterocycles. The fraction of sp³-hybridized carbons (Fsp3) is 0.611. The van der Waals surface area contributed by atoms with Crippen LogP contribution >= 0.6 is 11.6 Å². The maximum absolute atomic E-state index is 12.7. The van der Waals surface area contributed by atoms with Crippen LogP contribution in [0.1, 0.15) is 18.4 Å². The molecule has 8 heteroatoms. The van der Waals surface area contributed by atoms with Gasteiger partial charge in [-0.05, 0) is 37.5 Å². The maximum Gasteiger partial charge on any atom is 0.228 e. The molecule has 1 aromatic carbocycles. The quantitative estimate of drug-likeness (QED) is 0.776. The monoisotopic (exact) mass is 397 g/mol. The molecule has 1 aliphatic carbocycles. The maximum atomic E-state index is 12.7. The van der Waals surface area contributed by atoms with Crippen molar-refractivity contribution in [2.75, 3.05) is 44.2 Å². The lowest BCUT2D eigenvalue weighted by molar-refractivity contribution is -0.139. The second-order valence-corrected chi connectivity index (χ2v) is 10.2. The number of nitrogens with zero attached hydrogens (tertiary/aromatic N) is 3. The number of hydrogen-bond donors (Lipinski definition) is 0. The van der Waals surface area contributed by atoms with Crippen molar-refractivity contribution >= 4 is 33.2 Å². The van der Waals surface area contributed by atoms with E-state index in [2.05, 4.69) is 11.8 Å². The van der Waals surface area contributed by atoms with Crippen molar-refractivity contribution in [3.8, 4) is 0 Å². The molecule has 0 N–H and O–H groups in total. The molecule has 0 aromatic heterocycles. The van der Waals surface area contributed by atoms with Crippen molar-refractivity contribution in [2.45, 2.75) is 25.0 Å². The fourth-order valence-electron chi connectivity index (χ4n) is 3.73. The summed E-state index contributed by atoms with van der Waals surface area (Å²) in [7, 11) is -3.14. The van der Waals surface area contributed by atoms with Gasteiger partial charge in [0.1, 0.15) is 0 Å². The Morgan fingerprint density at radius 1 is 1.12 bits per heavy atom. The van der Waals surface area contributed by atoms with Gasteiger partial charge in [0.2, 0.25) is 15.9 Å². The van der Waals surface area contributed by atoms with Gasteiger partial charge >= 0.3 is 0 Å². The smallest absolute Gasteiger partial charge is 0.228 e. The number of rotatable bonds is 4. The summed E-state index contributed by atoms with van der Waals surface area (Å²) in [5.41, 5.74) is 2.30. The second kappa shape index (κ2) is 6.69. The summed E-state index contributed by atoms with van der Waals surface area (Å²) >= 11 is 6.12. The lowest BCUT2D eigenvalue weighted by Crippen LogP contribution is -2.59. The van der Waals surface area contributed by atoms with Crippen LogP contribution in [-0.2, 0) is 14.8 Å². The largest absolute Gasteiger partial charge is 0.368 e. The van der Waals surface area contributed by atoms with E-state index in [1.807, 2.05) is 23.1 Å². The van der Waals surface area contributed by atoms with Crippen LogP contribution < -0.4 is 4.90 Å². The van der Waals surface area contributed by atoms with E-state index in [0.717, 1.165) is 36.6 Å². The minimum Gasteiger partial charge on any atom is -0.368 e. The third-order valence-corrected chi connectivity index (χ3v) is 8.17. The molecular weight excluding hydrogens is 374 g/mol. The third kappa shape index (κ3) is 3.32. The molecule has 1 aromatic rings. The minimum absolute atomic E-state index is 0.0923. The van der Waals surface area contributed by atoms with E-state index in [0.29, 0.717) is 26.2 Å². The lowest BCUT2D eigenvalue weighted by atomic mass is 10.0. The summed E-state index contributed by atoms with van der Waals surface area (Å²) in [5, 5.41) is 0.526. The van der Waals surface area contributed by atoms with Gasteiger partial charge in [-0.25, -0.2) is 8.42 Å². The first-order valence-electron chi connectivity index (χ1n) is 9.15. The summed E-state index contributed by atoms with van der Waals surface area (Å²) in [6.07, 6.45) is 1.53. The summed E-state index contributed by atoms with van der Waals surface area (Å²) in [5.74, 6) is -0.0855. The number of carbonyl (C=O) groups is 1. The van der Waals surface area contributed by atoms with Gasteiger partial charge in [-0.2, -0.15) is 4.31 Å². The third-order valence-electron chi connectivity index (χ3n) is 5.61. The second-order valence-electron chi connectivity index (χ2n) is 7.50. The molecule has 2 heterocycles. The van der Waals surface area contributed by atoms with Gasteiger partial charge in [0.15, 0.2) is 0 Å². The van der Waals surface area contributed by atoms with Crippen molar-refractivity contribution in [1.82, 2.24) is 9.21 Å². The zero-order valence-corrected chi connectivity index (χ0v) is 16.5. The topological polar surface area (TPSA) is 60.9 Å². The number of hydrogen-bond acceptors (Lipinski definition) is 4. The first-order valence-corrected chi connectivity index (χ1v) is 11.0. The summed E-state index contributed by atoms with van der Waals surface area (Å²) in [6.45, 7) is 5.63. The number of benzene rings is 1. The van der Waals surface area contributed by atoms with Crippen molar-refractivity contribution in [3.05, 3.63) is 28.8 Å². The Hall–Kier alpha value is -1.31. The van der Waals surface area contributed by atoms with E-state index in [9.17, 15) is 13.2 Å². The van der Waals surface area contributed by atoms with Gasteiger partial charge in [0.25, 0.3) is 0 Å². The zero-order chi connectivity index (χ0) is 18.5. The normalized spacial score (nSPS) is 22.4. The molecule has 2 saturated heterocycles. The Balaban J connectivity index is 1.31. The van der Waals surface area contributed by atoms with Crippen LogP contribution in [0.5, 0.6) is 0 Å². The van der Waals surface area contributed by atoms with E-state index in [-0.39, 0.29) is 17.1 Å². The molecule has 1 amide bonds. The van der Waals surface area contributed by atoms with Gasteiger partial charge in [0.05, 0.1) is 11.2 Å².